The van der Waals surface area contributed by atoms with Gasteiger partial charge < -0.3 is 15.3 Å². The highest BCUT2D eigenvalue weighted by atomic mass is 35.5. The van der Waals surface area contributed by atoms with E-state index >= 15 is 0 Å². The number of hydrogen-bond donors (Lipinski definition) is 2. The lowest BCUT2D eigenvalue weighted by molar-refractivity contribution is 0.283. The second-order valence-electron chi connectivity index (χ2n) is 4.51. The van der Waals surface area contributed by atoms with E-state index in [2.05, 4.69) is 23.3 Å². The molecule has 0 atom stereocenters. The Hall–Kier alpha value is -0.770. The molecule has 0 unspecified atom stereocenters. The van der Waals surface area contributed by atoms with Crippen molar-refractivity contribution in [2.75, 3.05) is 32.1 Å². The first-order chi connectivity index (χ1) is 8.69. The predicted octanol–water partition coefficient (Wildman–Crippen LogP) is 2.66. The summed E-state index contributed by atoms with van der Waals surface area (Å²) >= 11 is 6.03. The number of aliphatic hydroxyl groups is 1. The number of benzene rings is 1. The Kier molecular flexibility index (Phi) is 7.09. The number of hydrogen-bond acceptors (Lipinski definition) is 3. The maximum absolute atomic E-state index is 8.76. The molecule has 1 aromatic rings. The molecular weight excluding hydrogens is 248 g/mol. The van der Waals surface area contributed by atoms with Crippen LogP contribution in [0, 0.1) is 0 Å². The molecule has 0 heterocycles. The SMILES string of the molecule is CNCc1cc(Cl)ccc1N(C)CCCCCO. The van der Waals surface area contributed by atoms with Crippen LogP contribution in [-0.2, 0) is 6.54 Å². The molecule has 1 rings (SSSR count). The van der Waals surface area contributed by atoms with Gasteiger partial charge in [-0.05, 0) is 50.1 Å². The Labute approximate surface area is 115 Å². The third-order valence-corrected chi connectivity index (χ3v) is 3.21. The lowest BCUT2D eigenvalue weighted by Crippen LogP contribution is -2.21. The van der Waals surface area contributed by atoms with Gasteiger partial charge in [-0.1, -0.05) is 11.6 Å². The van der Waals surface area contributed by atoms with Crippen LogP contribution in [0.3, 0.4) is 0 Å². The summed E-state index contributed by atoms with van der Waals surface area (Å²) in [4.78, 5) is 2.25. The lowest BCUT2D eigenvalue weighted by Gasteiger charge is -2.22. The maximum atomic E-state index is 8.76. The molecule has 0 bridgehead atoms. The van der Waals surface area contributed by atoms with Crippen molar-refractivity contribution >= 4 is 17.3 Å². The summed E-state index contributed by atoms with van der Waals surface area (Å²) in [6, 6.07) is 6.01. The summed E-state index contributed by atoms with van der Waals surface area (Å²) < 4.78 is 0. The van der Waals surface area contributed by atoms with E-state index in [0.717, 1.165) is 37.4 Å². The van der Waals surface area contributed by atoms with Crippen LogP contribution in [0.5, 0.6) is 0 Å². The number of nitrogens with one attached hydrogen (secondary N) is 1. The zero-order valence-electron chi connectivity index (χ0n) is 11.2. The van der Waals surface area contributed by atoms with Crippen molar-refractivity contribution in [3.63, 3.8) is 0 Å². The molecule has 0 aliphatic rings. The molecule has 0 fully saturated rings. The van der Waals surface area contributed by atoms with Crippen LogP contribution in [0.1, 0.15) is 24.8 Å². The first-order valence-corrected chi connectivity index (χ1v) is 6.82. The summed E-state index contributed by atoms with van der Waals surface area (Å²) in [5, 5.41) is 12.7. The molecule has 0 radical (unpaired) electrons. The monoisotopic (exact) mass is 270 g/mol. The topological polar surface area (TPSA) is 35.5 Å². The molecule has 0 amide bonds. The fraction of sp³-hybridized carbons (Fsp3) is 0.571. The molecule has 0 aromatic heterocycles. The quantitative estimate of drug-likeness (QED) is 0.713. The molecule has 1 aromatic carbocycles. The highest BCUT2D eigenvalue weighted by molar-refractivity contribution is 6.30. The second kappa shape index (κ2) is 8.35. The van der Waals surface area contributed by atoms with Crippen LogP contribution in [0.4, 0.5) is 5.69 Å². The normalized spacial score (nSPS) is 10.7. The van der Waals surface area contributed by atoms with E-state index in [1.807, 2.05) is 19.2 Å². The van der Waals surface area contributed by atoms with Crippen molar-refractivity contribution < 1.29 is 5.11 Å². The van der Waals surface area contributed by atoms with Gasteiger partial charge in [-0.2, -0.15) is 0 Å². The highest BCUT2D eigenvalue weighted by Gasteiger charge is 2.07. The largest absolute Gasteiger partial charge is 0.396 e. The molecule has 0 aliphatic heterocycles. The Balaban J connectivity index is 2.62. The maximum Gasteiger partial charge on any atom is 0.0431 e. The number of unbranched alkanes of at least 4 members (excludes halogenated alkanes) is 2. The van der Waals surface area contributed by atoms with E-state index in [1.54, 1.807) is 0 Å². The van der Waals surface area contributed by atoms with E-state index in [-0.39, 0.29) is 6.61 Å². The third kappa shape index (κ3) is 4.84. The Bertz CT molecular complexity index is 358. The molecule has 0 spiro atoms. The molecule has 2 N–H and O–H groups in total. The van der Waals surface area contributed by atoms with Crippen molar-refractivity contribution in [2.45, 2.75) is 25.8 Å². The van der Waals surface area contributed by atoms with Gasteiger partial charge in [-0.3, -0.25) is 0 Å². The van der Waals surface area contributed by atoms with Gasteiger partial charge in [-0.25, -0.2) is 0 Å². The zero-order chi connectivity index (χ0) is 13.4. The number of rotatable bonds is 8. The Morgan fingerprint density at radius 3 is 2.72 bits per heavy atom. The first-order valence-electron chi connectivity index (χ1n) is 6.44. The summed E-state index contributed by atoms with van der Waals surface area (Å²) in [6.07, 6.45) is 3.05. The molecule has 0 aliphatic carbocycles. The molecule has 3 nitrogen and oxygen atoms in total. The van der Waals surface area contributed by atoms with E-state index in [1.165, 1.54) is 11.3 Å². The molecule has 4 heteroatoms. The minimum atomic E-state index is 0.287. The summed E-state index contributed by atoms with van der Waals surface area (Å²) in [6.45, 7) is 2.10. The number of anilines is 1. The van der Waals surface area contributed by atoms with Crippen molar-refractivity contribution in [3.05, 3.63) is 28.8 Å². The van der Waals surface area contributed by atoms with Crippen LogP contribution in [-0.4, -0.2) is 32.4 Å². The van der Waals surface area contributed by atoms with Gasteiger partial charge in [0, 0.05) is 37.5 Å². The van der Waals surface area contributed by atoms with Gasteiger partial charge in [0.1, 0.15) is 0 Å². The second-order valence-corrected chi connectivity index (χ2v) is 4.95. The van der Waals surface area contributed by atoms with Gasteiger partial charge in [-0.15, -0.1) is 0 Å². The van der Waals surface area contributed by atoms with Crippen molar-refractivity contribution in [3.8, 4) is 0 Å². The van der Waals surface area contributed by atoms with Crippen molar-refractivity contribution in [1.29, 1.82) is 0 Å². The molecule has 0 saturated heterocycles. The van der Waals surface area contributed by atoms with Crippen LogP contribution < -0.4 is 10.2 Å². The Morgan fingerprint density at radius 1 is 1.28 bits per heavy atom. The fourth-order valence-corrected chi connectivity index (χ4v) is 2.21. The zero-order valence-corrected chi connectivity index (χ0v) is 12.0. The van der Waals surface area contributed by atoms with E-state index in [0.29, 0.717) is 0 Å². The van der Waals surface area contributed by atoms with Crippen molar-refractivity contribution in [1.82, 2.24) is 5.32 Å². The standard InChI is InChI=1S/C14H23ClN2O/c1-16-11-12-10-13(15)6-7-14(12)17(2)8-4-3-5-9-18/h6-7,10,16,18H,3-5,8-9,11H2,1-2H3. The van der Waals surface area contributed by atoms with Gasteiger partial charge in [0.15, 0.2) is 0 Å². The van der Waals surface area contributed by atoms with Crippen LogP contribution in [0.25, 0.3) is 0 Å². The van der Waals surface area contributed by atoms with E-state index in [4.69, 9.17) is 16.7 Å². The fourth-order valence-electron chi connectivity index (χ4n) is 2.02. The van der Waals surface area contributed by atoms with Gasteiger partial charge in [0.25, 0.3) is 0 Å². The van der Waals surface area contributed by atoms with Crippen LogP contribution in [0.2, 0.25) is 5.02 Å². The number of halogens is 1. The van der Waals surface area contributed by atoms with Crippen LogP contribution >= 0.6 is 11.6 Å². The van der Waals surface area contributed by atoms with Crippen molar-refractivity contribution in [2.24, 2.45) is 0 Å². The third-order valence-electron chi connectivity index (χ3n) is 2.97. The molecule has 102 valence electrons. The highest BCUT2D eigenvalue weighted by Crippen LogP contribution is 2.23. The minimum absolute atomic E-state index is 0.287. The number of nitrogens with zero attached hydrogens (tertiary/aromatic N) is 1. The molecule has 0 saturated carbocycles. The smallest absolute Gasteiger partial charge is 0.0431 e. The summed E-state index contributed by atoms with van der Waals surface area (Å²) in [7, 11) is 4.03. The summed E-state index contributed by atoms with van der Waals surface area (Å²) in [5.41, 5.74) is 2.44. The predicted molar refractivity (Wildman–Crippen MR) is 78.4 cm³/mol. The summed E-state index contributed by atoms with van der Waals surface area (Å²) in [5.74, 6) is 0. The first kappa shape index (κ1) is 15.3. The van der Waals surface area contributed by atoms with Gasteiger partial charge in [0.05, 0.1) is 0 Å². The van der Waals surface area contributed by atoms with Crippen LogP contribution in [0.15, 0.2) is 18.2 Å². The van der Waals surface area contributed by atoms with E-state index in [9.17, 15) is 0 Å². The average molecular weight is 271 g/mol. The lowest BCUT2D eigenvalue weighted by atomic mass is 10.1. The average Bonchev–Trinajstić information content (AvgIpc) is 2.35. The minimum Gasteiger partial charge on any atom is -0.396 e. The van der Waals surface area contributed by atoms with Gasteiger partial charge in [0.2, 0.25) is 0 Å². The number of aliphatic hydroxyl groups excluding tert-OH is 1. The molecule has 18 heavy (non-hydrogen) atoms. The van der Waals surface area contributed by atoms with E-state index < -0.39 is 0 Å². The Morgan fingerprint density at radius 2 is 2.06 bits per heavy atom. The molecular formula is C14H23ClN2O. The van der Waals surface area contributed by atoms with Gasteiger partial charge >= 0.3 is 0 Å².